The largest absolute Gasteiger partial charge is 0.473 e. The van der Waals surface area contributed by atoms with E-state index in [0.29, 0.717) is 56.4 Å². The zero-order valence-corrected chi connectivity index (χ0v) is 22.1. The van der Waals surface area contributed by atoms with Crippen molar-refractivity contribution < 1.29 is 32.5 Å². The van der Waals surface area contributed by atoms with Crippen molar-refractivity contribution in [3.05, 3.63) is 65.6 Å². The number of nitrogens with zero attached hydrogens (tertiary/aromatic N) is 3. The van der Waals surface area contributed by atoms with Gasteiger partial charge in [0, 0.05) is 41.7 Å². The van der Waals surface area contributed by atoms with Gasteiger partial charge in [-0.05, 0) is 62.9 Å². The van der Waals surface area contributed by atoms with Crippen molar-refractivity contribution in [3.63, 3.8) is 0 Å². The van der Waals surface area contributed by atoms with Crippen LogP contribution in [0.1, 0.15) is 47.3 Å². The SMILES string of the molecule is Cc1ncc(NC(=O)c2cccc(C(F)(F)F)c2)cc1-c1cnc(O[C@H]2CC[C@H](O)CC2)c(N2CCOCC2)c1. The molecule has 3 aromatic rings. The van der Waals surface area contributed by atoms with Crippen LogP contribution in [0.3, 0.4) is 0 Å². The first-order valence-electron chi connectivity index (χ1n) is 13.3. The van der Waals surface area contributed by atoms with Crippen LogP contribution < -0.4 is 15.0 Å². The molecule has 2 N–H and O–H groups in total. The summed E-state index contributed by atoms with van der Waals surface area (Å²) in [6.07, 6.45) is 1.19. The van der Waals surface area contributed by atoms with Crippen molar-refractivity contribution in [3.8, 4) is 17.0 Å². The number of aliphatic hydroxyl groups is 1. The minimum absolute atomic E-state index is 0.0284. The number of aromatic nitrogens is 2. The number of hydrogen-bond donors (Lipinski definition) is 2. The van der Waals surface area contributed by atoms with Gasteiger partial charge >= 0.3 is 6.18 Å². The molecule has 0 atom stereocenters. The van der Waals surface area contributed by atoms with Gasteiger partial charge in [0.2, 0.25) is 5.88 Å². The predicted octanol–water partition coefficient (Wildman–Crippen LogP) is 5.24. The fraction of sp³-hybridized carbons (Fsp3) is 0.414. The van der Waals surface area contributed by atoms with Crippen molar-refractivity contribution in [2.75, 3.05) is 36.5 Å². The number of hydrogen-bond acceptors (Lipinski definition) is 7. The zero-order valence-electron chi connectivity index (χ0n) is 22.1. The summed E-state index contributed by atoms with van der Waals surface area (Å²) in [5.41, 5.74) is 2.34. The van der Waals surface area contributed by atoms with E-state index in [4.69, 9.17) is 9.47 Å². The molecule has 2 fully saturated rings. The summed E-state index contributed by atoms with van der Waals surface area (Å²) in [6, 6.07) is 7.99. The van der Waals surface area contributed by atoms with Gasteiger partial charge in [-0.2, -0.15) is 13.2 Å². The van der Waals surface area contributed by atoms with E-state index in [0.717, 1.165) is 41.8 Å². The molecule has 0 spiro atoms. The summed E-state index contributed by atoms with van der Waals surface area (Å²) in [6.45, 7) is 4.35. The molecule has 5 rings (SSSR count). The molecule has 40 heavy (non-hydrogen) atoms. The van der Waals surface area contributed by atoms with Crippen LogP contribution in [0.5, 0.6) is 5.88 Å². The van der Waals surface area contributed by atoms with Crippen LogP contribution in [0.15, 0.2) is 48.8 Å². The summed E-state index contributed by atoms with van der Waals surface area (Å²) < 4.78 is 51.2. The molecule has 1 aromatic carbocycles. The number of carbonyl (C=O) groups is 1. The van der Waals surface area contributed by atoms with E-state index in [1.807, 2.05) is 13.0 Å². The van der Waals surface area contributed by atoms with Gasteiger partial charge in [-0.3, -0.25) is 9.78 Å². The summed E-state index contributed by atoms with van der Waals surface area (Å²) in [5, 5.41) is 12.5. The van der Waals surface area contributed by atoms with Crippen molar-refractivity contribution in [2.45, 2.75) is 51.0 Å². The highest BCUT2D eigenvalue weighted by Crippen LogP contribution is 2.36. The molecule has 8 nitrogen and oxygen atoms in total. The fourth-order valence-corrected chi connectivity index (χ4v) is 4.96. The number of halogens is 3. The molecule has 3 heterocycles. The molecule has 212 valence electrons. The lowest BCUT2D eigenvalue weighted by Crippen LogP contribution is -2.37. The maximum atomic E-state index is 13.1. The Balaban J connectivity index is 1.41. The lowest BCUT2D eigenvalue weighted by Gasteiger charge is -2.32. The minimum atomic E-state index is -4.55. The summed E-state index contributed by atoms with van der Waals surface area (Å²) in [4.78, 5) is 24.0. The Morgan fingerprint density at radius 1 is 1.07 bits per heavy atom. The fourth-order valence-electron chi connectivity index (χ4n) is 4.96. The second kappa shape index (κ2) is 11.8. The minimum Gasteiger partial charge on any atom is -0.473 e. The van der Waals surface area contributed by atoms with Crippen molar-refractivity contribution in [1.29, 1.82) is 0 Å². The maximum Gasteiger partial charge on any atom is 0.416 e. The quantitative estimate of drug-likeness (QED) is 0.429. The number of carbonyl (C=O) groups excluding carboxylic acids is 1. The highest BCUT2D eigenvalue weighted by Gasteiger charge is 2.31. The Bertz CT molecular complexity index is 1350. The molecule has 2 aliphatic rings. The smallest absolute Gasteiger partial charge is 0.416 e. The van der Waals surface area contributed by atoms with Gasteiger partial charge in [0.15, 0.2) is 0 Å². The molecule has 2 aromatic heterocycles. The number of ether oxygens (including phenoxy) is 2. The molecule has 0 bridgehead atoms. The second-order valence-corrected chi connectivity index (χ2v) is 10.1. The van der Waals surface area contributed by atoms with Gasteiger partial charge in [0.25, 0.3) is 5.91 Å². The average molecular weight is 557 g/mol. The van der Waals surface area contributed by atoms with Gasteiger partial charge in [-0.25, -0.2) is 4.98 Å². The van der Waals surface area contributed by atoms with Gasteiger partial charge < -0.3 is 24.8 Å². The highest BCUT2D eigenvalue weighted by molar-refractivity contribution is 6.04. The van der Waals surface area contributed by atoms with Gasteiger partial charge in [-0.15, -0.1) is 0 Å². The standard InChI is InChI=1S/C29H31F3N4O4/c1-18-25(15-22(17-33-18)35-27(38)19-3-2-4-21(13-19)29(30,31)32)20-14-26(36-9-11-39-12-10-36)28(34-16-20)40-24-7-5-23(37)6-8-24/h2-4,13-17,23-24,37H,5-12H2,1H3,(H,35,38)/t23-,24-. The number of alkyl halides is 3. The lowest BCUT2D eigenvalue weighted by molar-refractivity contribution is -0.137. The Hall–Kier alpha value is -3.70. The molecule has 11 heteroatoms. The summed E-state index contributed by atoms with van der Waals surface area (Å²) in [5.74, 6) is -0.150. The lowest BCUT2D eigenvalue weighted by atomic mass is 9.95. The molecule has 1 aliphatic carbocycles. The van der Waals surface area contributed by atoms with Crippen LogP contribution in [-0.4, -0.2) is 59.5 Å². The molecule has 1 saturated carbocycles. The highest BCUT2D eigenvalue weighted by atomic mass is 19.4. The number of aryl methyl sites for hydroxylation is 1. The molecule has 1 saturated heterocycles. The Kier molecular flexibility index (Phi) is 8.22. The zero-order chi connectivity index (χ0) is 28.3. The van der Waals surface area contributed by atoms with E-state index < -0.39 is 17.6 Å². The van der Waals surface area contributed by atoms with E-state index in [2.05, 4.69) is 20.2 Å². The third kappa shape index (κ3) is 6.53. The van der Waals surface area contributed by atoms with Crippen LogP contribution in [0, 0.1) is 6.92 Å². The molecule has 1 amide bonds. The number of aliphatic hydroxyl groups excluding tert-OH is 1. The van der Waals surface area contributed by atoms with Crippen LogP contribution in [-0.2, 0) is 10.9 Å². The summed E-state index contributed by atoms with van der Waals surface area (Å²) >= 11 is 0. The Morgan fingerprint density at radius 2 is 1.82 bits per heavy atom. The van der Waals surface area contributed by atoms with E-state index >= 15 is 0 Å². The van der Waals surface area contributed by atoms with E-state index in [1.165, 1.54) is 18.3 Å². The average Bonchev–Trinajstić information content (AvgIpc) is 2.95. The van der Waals surface area contributed by atoms with Gasteiger partial charge in [0.05, 0.1) is 36.8 Å². The monoisotopic (exact) mass is 556 g/mol. The van der Waals surface area contributed by atoms with Crippen LogP contribution in [0.2, 0.25) is 0 Å². The van der Waals surface area contributed by atoms with Crippen LogP contribution >= 0.6 is 0 Å². The molecule has 1 aliphatic heterocycles. The molecule has 0 unspecified atom stereocenters. The van der Waals surface area contributed by atoms with Crippen LogP contribution in [0.25, 0.3) is 11.1 Å². The van der Waals surface area contributed by atoms with Crippen molar-refractivity contribution >= 4 is 17.3 Å². The number of morpholine rings is 1. The van der Waals surface area contributed by atoms with Crippen LogP contribution in [0.4, 0.5) is 24.5 Å². The second-order valence-electron chi connectivity index (χ2n) is 10.1. The van der Waals surface area contributed by atoms with Gasteiger partial charge in [-0.1, -0.05) is 6.07 Å². The van der Waals surface area contributed by atoms with E-state index in [9.17, 15) is 23.1 Å². The van der Waals surface area contributed by atoms with Gasteiger partial charge in [0.1, 0.15) is 11.8 Å². The first kappa shape index (κ1) is 27.9. The van der Waals surface area contributed by atoms with Crippen molar-refractivity contribution in [1.82, 2.24) is 9.97 Å². The Morgan fingerprint density at radius 3 is 2.55 bits per heavy atom. The number of rotatable bonds is 6. The number of anilines is 2. The third-order valence-electron chi connectivity index (χ3n) is 7.21. The molecule has 0 radical (unpaired) electrons. The maximum absolute atomic E-state index is 13.1. The van der Waals surface area contributed by atoms with E-state index in [-0.39, 0.29) is 17.8 Å². The van der Waals surface area contributed by atoms with E-state index in [1.54, 1.807) is 12.3 Å². The number of amides is 1. The number of benzene rings is 1. The topological polar surface area (TPSA) is 96.8 Å². The molecular formula is C29H31F3N4O4. The number of nitrogens with one attached hydrogen (secondary N) is 1. The third-order valence-corrected chi connectivity index (χ3v) is 7.21. The normalized spacial score (nSPS) is 19.8. The summed E-state index contributed by atoms with van der Waals surface area (Å²) in [7, 11) is 0. The Labute approximate surface area is 230 Å². The predicted molar refractivity (Wildman–Crippen MR) is 144 cm³/mol. The number of pyridine rings is 2. The van der Waals surface area contributed by atoms with Crippen molar-refractivity contribution in [2.24, 2.45) is 0 Å². The molecular weight excluding hydrogens is 525 g/mol. The first-order chi connectivity index (χ1) is 19.2. The first-order valence-corrected chi connectivity index (χ1v) is 13.3.